The lowest BCUT2D eigenvalue weighted by Crippen LogP contribution is -2.00. The molecule has 0 saturated carbocycles. The smallest absolute Gasteiger partial charge is 0.164 e. The summed E-state index contributed by atoms with van der Waals surface area (Å²) in [6.45, 7) is 0. The van der Waals surface area contributed by atoms with Crippen molar-refractivity contribution in [3.8, 4) is 78.8 Å². The molecule has 0 aliphatic carbocycles. The Morgan fingerprint density at radius 1 is 0.250 bits per heavy atom. The SMILES string of the molecule is c1ccc(-c2cccc(-c3cccc4c(-c5ccccc5)nc5ccc(-c6ccc(-c7nc(-c8ccccc8)nc(-c8ccccc8)n7)cc6)cc5c34)c2)cc1. The first-order valence-electron chi connectivity index (χ1n) is 18.8. The Kier molecular flexibility index (Phi) is 8.47. The molecule has 4 heteroatoms. The minimum atomic E-state index is 0.633. The molecule has 0 aliphatic heterocycles. The van der Waals surface area contributed by atoms with Crippen LogP contribution in [0.15, 0.2) is 206 Å². The lowest BCUT2D eigenvalue weighted by atomic mass is 9.90. The molecule has 0 spiro atoms. The molecule has 0 aliphatic rings. The molecule has 262 valence electrons. The fraction of sp³-hybridized carbons (Fsp3) is 0. The van der Waals surface area contributed by atoms with Gasteiger partial charge in [-0.05, 0) is 51.6 Å². The van der Waals surface area contributed by atoms with Crippen molar-refractivity contribution < 1.29 is 0 Å². The van der Waals surface area contributed by atoms with E-state index in [4.69, 9.17) is 19.9 Å². The number of rotatable bonds is 7. The van der Waals surface area contributed by atoms with Crippen LogP contribution in [0.1, 0.15) is 0 Å². The number of fused-ring (bicyclic) bond motifs is 3. The monoisotopic (exact) mass is 714 g/mol. The molecule has 10 rings (SSSR count). The Labute approximate surface area is 325 Å². The first kappa shape index (κ1) is 33.0. The Hall–Kier alpha value is -7.56. The van der Waals surface area contributed by atoms with Gasteiger partial charge >= 0.3 is 0 Å². The van der Waals surface area contributed by atoms with Crippen LogP contribution in [0, 0.1) is 0 Å². The minimum Gasteiger partial charge on any atom is -0.247 e. The van der Waals surface area contributed by atoms with Crippen LogP contribution in [0.5, 0.6) is 0 Å². The maximum Gasteiger partial charge on any atom is 0.164 e. The van der Waals surface area contributed by atoms with E-state index < -0.39 is 0 Å². The molecular formula is C52H34N4. The zero-order valence-electron chi connectivity index (χ0n) is 30.4. The number of benzene rings is 8. The van der Waals surface area contributed by atoms with Crippen LogP contribution in [0.2, 0.25) is 0 Å². The van der Waals surface area contributed by atoms with Gasteiger partial charge in [0.2, 0.25) is 0 Å². The molecule has 0 bridgehead atoms. The van der Waals surface area contributed by atoms with E-state index in [1.54, 1.807) is 0 Å². The van der Waals surface area contributed by atoms with Crippen molar-refractivity contribution in [2.24, 2.45) is 0 Å². The number of pyridine rings is 1. The van der Waals surface area contributed by atoms with E-state index >= 15 is 0 Å². The van der Waals surface area contributed by atoms with Gasteiger partial charge in [0.05, 0.1) is 11.2 Å². The topological polar surface area (TPSA) is 51.6 Å². The maximum absolute atomic E-state index is 5.31. The molecule has 8 aromatic carbocycles. The van der Waals surface area contributed by atoms with Crippen molar-refractivity contribution in [2.45, 2.75) is 0 Å². The van der Waals surface area contributed by atoms with Crippen molar-refractivity contribution in [2.75, 3.05) is 0 Å². The van der Waals surface area contributed by atoms with Crippen molar-refractivity contribution in [3.05, 3.63) is 206 Å². The fourth-order valence-electron chi connectivity index (χ4n) is 7.54. The molecule has 0 N–H and O–H groups in total. The van der Waals surface area contributed by atoms with Crippen molar-refractivity contribution >= 4 is 21.7 Å². The lowest BCUT2D eigenvalue weighted by Gasteiger charge is -2.16. The number of nitrogens with zero attached hydrogens (tertiary/aromatic N) is 4. The highest BCUT2D eigenvalue weighted by atomic mass is 15.0. The quantitative estimate of drug-likeness (QED) is 0.154. The lowest BCUT2D eigenvalue weighted by molar-refractivity contribution is 1.07. The largest absolute Gasteiger partial charge is 0.247 e. The summed E-state index contributed by atoms with van der Waals surface area (Å²) in [5.74, 6) is 1.92. The average molecular weight is 715 g/mol. The Morgan fingerprint density at radius 3 is 1.29 bits per heavy atom. The zero-order valence-corrected chi connectivity index (χ0v) is 30.4. The van der Waals surface area contributed by atoms with Gasteiger partial charge in [-0.1, -0.05) is 188 Å². The third-order valence-electron chi connectivity index (χ3n) is 10.3. The third-order valence-corrected chi connectivity index (χ3v) is 10.3. The number of hydrogen-bond donors (Lipinski definition) is 0. The Morgan fingerprint density at radius 2 is 0.679 bits per heavy atom. The third kappa shape index (κ3) is 6.29. The molecule has 0 radical (unpaired) electrons. The summed E-state index contributed by atoms with van der Waals surface area (Å²) in [5, 5.41) is 3.42. The second-order valence-corrected chi connectivity index (χ2v) is 13.8. The van der Waals surface area contributed by atoms with E-state index in [0.29, 0.717) is 17.5 Å². The number of aromatic nitrogens is 4. The van der Waals surface area contributed by atoms with E-state index in [9.17, 15) is 0 Å². The van der Waals surface area contributed by atoms with Gasteiger partial charge in [0.1, 0.15) is 0 Å². The molecule has 0 unspecified atom stereocenters. The average Bonchev–Trinajstić information content (AvgIpc) is 3.29. The van der Waals surface area contributed by atoms with Crippen LogP contribution < -0.4 is 0 Å². The van der Waals surface area contributed by atoms with Crippen LogP contribution in [-0.2, 0) is 0 Å². The second kappa shape index (κ2) is 14.3. The first-order valence-corrected chi connectivity index (χ1v) is 18.8. The van der Waals surface area contributed by atoms with E-state index in [2.05, 4.69) is 146 Å². The van der Waals surface area contributed by atoms with Crippen LogP contribution in [-0.4, -0.2) is 19.9 Å². The molecule has 10 aromatic rings. The van der Waals surface area contributed by atoms with E-state index in [1.165, 1.54) is 27.6 Å². The Balaban J connectivity index is 1.11. The minimum absolute atomic E-state index is 0.633. The normalized spacial score (nSPS) is 11.2. The van der Waals surface area contributed by atoms with E-state index in [0.717, 1.165) is 55.4 Å². The highest BCUT2D eigenvalue weighted by Gasteiger charge is 2.17. The predicted molar refractivity (Wildman–Crippen MR) is 231 cm³/mol. The van der Waals surface area contributed by atoms with Crippen LogP contribution >= 0.6 is 0 Å². The molecule has 56 heavy (non-hydrogen) atoms. The molecule has 2 aromatic heterocycles. The van der Waals surface area contributed by atoms with Gasteiger partial charge in [-0.3, -0.25) is 0 Å². The van der Waals surface area contributed by atoms with Crippen molar-refractivity contribution in [1.29, 1.82) is 0 Å². The van der Waals surface area contributed by atoms with Gasteiger partial charge < -0.3 is 0 Å². The van der Waals surface area contributed by atoms with Gasteiger partial charge in [0, 0.05) is 38.4 Å². The van der Waals surface area contributed by atoms with E-state index in [1.807, 2.05) is 60.7 Å². The molecule has 0 fully saturated rings. The summed E-state index contributed by atoms with van der Waals surface area (Å²) >= 11 is 0. The summed E-state index contributed by atoms with van der Waals surface area (Å²) in [6.07, 6.45) is 0. The summed E-state index contributed by atoms with van der Waals surface area (Å²) in [7, 11) is 0. The van der Waals surface area contributed by atoms with Gasteiger partial charge in [0.15, 0.2) is 17.5 Å². The molecular weight excluding hydrogens is 681 g/mol. The number of hydrogen-bond acceptors (Lipinski definition) is 4. The van der Waals surface area contributed by atoms with Gasteiger partial charge in [-0.25, -0.2) is 19.9 Å². The highest BCUT2D eigenvalue weighted by molar-refractivity contribution is 6.17. The first-order chi connectivity index (χ1) is 27.7. The van der Waals surface area contributed by atoms with Gasteiger partial charge in [-0.2, -0.15) is 0 Å². The second-order valence-electron chi connectivity index (χ2n) is 13.8. The zero-order chi connectivity index (χ0) is 37.3. The molecule has 0 atom stereocenters. The van der Waals surface area contributed by atoms with Gasteiger partial charge in [-0.15, -0.1) is 0 Å². The highest BCUT2D eigenvalue weighted by Crippen LogP contribution is 2.41. The summed E-state index contributed by atoms with van der Waals surface area (Å²) in [5.41, 5.74) is 12.8. The molecule has 2 heterocycles. The fourth-order valence-corrected chi connectivity index (χ4v) is 7.54. The predicted octanol–water partition coefficient (Wildman–Crippen LogP) is 13.2. The summed E-state index contributed by atoms with van der Waals surface area (Å²) in [6, 6.07) is 71.8. The van der Waals surface area contributed by atoms with Gasteiger partial charge in [0.25, 0.3) is 0 Å². The maximum atomic E-state index is 5.31. The van der Waals surface area contributed by atoms with Crippen molar-refractivity contribution in [1.82, 2.24) is 19.9 Å². The molecule has 0 saturated heterocycles. The standard InChI is InChI=1S/C52H34N4/c1-5-15-35(16-6-1)41-23-13-24-43(33-41)44-25-14-26-45-48(44)46-34-42(31-32-47(46)53-49(45)37-17-7-2-8-18-37)36-27-29-40(30-28-36)52-55-50(38-19-9-3-10-20-38)54-51(56-52)39-21-11-4-12-22-39/h1-34H. The Bertz CT molecular complexity index is 2930. The molecule has 4 nitrogen and oxygen atoms in total. The molecule has 0 amide bonds. The van der Waals surface area contributed by atoms with Crippen molar-refractivity contribution in [3.63, 3.8) is 0 Å². The van der Waals surface area contributed by atoms with E-state index in [-0.39, 0.29) is 0 Å². The van der Waals surface area contributed by atoms with Crippen LogP contribution in [0.4, 0.5) is 0 Å². The van der Waals surface area contributed by atoms with Crippen LogP contribution in [0.25, 0.3) is 100 Å². The summed E-state index contributed by atoms with van der Waals surface area (Å²) in [4.78, 5) is 20.1. The summed E-state index contributed by atoms with van der Waals surface area (Å²) < 4.78 is 0. The van der Waals surface area contributed by atoms with Crippen LogP contribution in [0.3, 0.4) is 0 Å².